The number of hydrogen-bond acceptors (Lipinski definition) is 5. The maximum absolute atomic E-state index is 13.0. The molecule has 0 saturated carbocycles. The van der Waals surface area contributed by atoms with Gasteiger partial charge >= 0.3 is 5.97 Å². The predicted molar refractivity (Wildman–Crippen MR) is 102 cm³/mol. The number of amides is 1. The Morgan fingerprint density at radius 3 is 2.48 bits per heavy atom. The lowest BCUT2D eigenvalue weighted by molar-refractivity contribution is -0.116. The van der Waals surface area contributed by atoms with E-state index in [0.29, 0.717) is 17.7 Å². The smallest absolute Gasteiger partial charge is 0.337 e. The molecule has 0 aliphatic carbocycles. The number of thiazole rings is 1. The van der Waals surface area contributed by atoms with E-state index in [2.05, 4.69) is 15.0 Å². The first kappa shape index (κ1) is 18.7. The van der Waals surface area contributed by atoms with E-state index in [4.69, 9.17) is 0 Å². The summed E-state index contributed by atoms with van der Waals surface area (Å²) in [5.74, 6) is -0.849. The van der Waals surface area contributed by atoms with Crippen molar-refractivity contribution in [2.45, 2.75) is 12.8 Å². The minimum absolute atomic E-state index is 0.139. The predicted octanol–water partition coefficient (Wildman–Crippen LogP) is 4.31. The number of rotatable bonds is 6. The van der Waals surface area contributed by atoms with Crippen molar-refractivity contribution in [1.29, 1.82) is 0 Å². The fourth-order valence-electron chi connectivity index (χ4n) is 2.43. The lowest BCUT2D eigenvalue weighted by atomic mass is 10.2. The highest BCUT2D eigenvalue weighted by atomic mass is 32.1. The van der Waals surface area contributed by atoms with Crippen LogP contribution in [-0.4, -0.2) is 24.0 Å². The quantitative estimate of drug-likeness (QED) is 0.643. The van der Waals surface area contributed by atoms with E-state index in [1.54, 1.807) is 36.4 Å². The van der Waals surface area contributed by atoms with Gasteiger partial charge in [-0.3, -0.25) is 4.79 Å². The third-order valence-electron chi connectivity index (χ3n) is 3.85. The van der Waals surface area contributed by atoms with E-state index in [1.165, 1.54) is 30.6 Å². The molecule has 0 bridgehead atoms. The van der Waals surface area contributed by atoms with Gasteiger partial charge in [-0.2, -0.15) is 0 Å². The van der Waals surface area contributed by atoms with Gasteiger partial charge in [-0.05, 0) is 48.5 Å². The molecule has 0 saturated heterocycles. The molecule has 1 heterocycles. The number of benzene rings is 2. The molecule has 0 aliphatic heterocycles. The van der Waals surface area contributed by atoms with Crippen molar-refractivity contribution in [2.75, 3.05) is 12.4 Å². The van der Waals surface area contributed by atoms with E-state index in [9.17, 15) is 14.0 Å². The van der Waals surface area contributed by atoms with Crippen molar-refractivity contribution in [3.8, 4) is 11.3 Å². The minimum atomic E-state index is -0.423. The lowest BCUT2D eigenvalue weighted by Crippen LogP contribution is -2.12. The third-order valence-corrected chi connectivity index (χ3v) is 4.76. The summed E-state index contributed by atoms with van der Waals surface area (Å²) in [6, 6.07) is 12.6. The van der Waals surface area contributed by atoms with Crippen LogP contribution in [0.25, 0.3) is 11.3 Å². The highest BCUT2D eigenvalue weighted by Gasteiger charge is 2.09. The first-order valence-corrected chi connectivity index (χ1v) is 9.11. The molecule has 138 valence electrons. The van der Waals surface area contributed by atoms with E-state index < -0.39 is 5.97 Å². The minimum Gasteiger partial charge on any atom is -0.465 e. The summed E-state index contributed by atoms with van der Waals surface area (Å²) in [7, 11) is 1.32. The summed E-state index contributed by atoms with van der Waals surface area (Å²) in [5, 5.41) is 5.52. The standard InChI is InChI=1S/C20H17FN2O3S/c1-26-20(25)14-4-8-16(9-5-14)22-18(24)10-11-19-23-17(12-27-19)13-2-6-15(21)7-3-13/h2-9,12H,10-11H2,1H3,(H,22,24). The van der Waals surface area contributed by atoms with Gasteiger partial charge in [-0.25, -0.2) is 14.2 Å². The number of nitrogens with one attached hydrogen (secondary N) is 1. The second kappa shape index (κ2) is 8.55. The maximum atomic E-state index is 13.0. The molecule has 1 N–H and O–H groups in total. The molecule has 1 amide bonds. The summed E-state index contributed by atoms with van der Waals surface area (Å²) >= 11 is 1.47. The molecule has 3 aromatic rings. The Kier molecular flexibility index (Phi) is 5.93. The van der Waals surface area contributed by atoms with E-state index in [1.807, 2.05) is 5.38 Å². The van der Waals surface area contributed by atoms with Crippen LogP contribution < -0.4 is 5.32 Å². The van der Waals surface area contributed by atoms with Crippen LogP contribution >= 0.6 is 11.3 Å². The molecule has 0 fully saturated rings. The average molecular weight is 384 g/mol. The number of nitrogens with zero attached hydrogens (tertiary/aromatic N) is 1. The van der Waals surface area contributed by atoms with Crippen LogP contribution in [0.4, 0.5) is 10.1 Å². The molecular formula is C20H17FN2O3S. The second-order valence-electron chi connectivity index (χ2n) is 5.75. The van der Waals surface area contributed by atoms with Crippen molar-refractivity contribution in [2.24, 2.45) is 0 Å². The lowest BCUT2D eigenvalue weighted by Gasteiger charge is -2.05. The second-order valence-corrected chi connectivity index (χ2v) is 6.69. The number of aromatic nitrogens is 1. The van der Waals surface area contributed by atoms with E-state index in [-0.39, 0.29) is 18.1 Å². The molecule has 0 radical (unpaired) electrons. The molecule has 1 aromatic heterocycles. The van der Waals surface area contributed by atoms with Crippen molar-refractivity contribution < 1.29 is 18.7 Å². The highest BCUT2D eigenvalue weighted by Crippen LogP contribution is 2.23. The number of halogens is 1. The van der Waals surface area contributed by atoms with Crippen molar-refractivity contribution in [3.05, 3.63) is 70.3 Å². The van der Waals surface area contributed by atoms with Gasteiger partial charge in [0.15, 0.2) is 0 Å². The van der Waals surface area contributed by atoms with Gasteiger partial charge < -0.3 is 10.1 Å². The van der Waals surface area contributed by atoms with Gasteiger partial charge in [0.2, 0.25) is 5.91 Å². The number of ether oxygens (including phenoxy) is 1. The molecule has 2 aromatic carbocycles. The zero-order chi connectivity index (χ0) is 19.2. The van der Waals surface area contributed by atoms with E-state index in [0.717, 1.165) is 16.3 Å². The van der Waals surface area contributed by atoms with Crippen LogP contribution in [0.15, 0.2) is 53.9 Å². The molecule has 7 heteroatoms. The third kappa shape index (κ3) is 4.98. The number of carbonyl (C=O) groups is 2. The summed E-state index contributed by atoms with van der Waals surface area (Å²) in [6.45, 7) is 0. The first-order chi connectivity index (χ1) is 13.0. The average Bonchev–Trinajstić information content (AvgIpc) is 3.16. The largest absolute Gasteiger partial charge is 0.465 e. The molecule has 0 atom stereocenters. The fourth-order valence-corrected chi connectivity index (χ4v) is 3.24. The van der Waals surface area contributed by atoms with Gasteiger partial charge in [-0.1, -0.05) is 0 Å². The topological polar surface area (TPSA) is 68.3 Å². The summed E-state index contributed by atoms with van der Waals surface area (Å²) in [6.07, 6.45) is 0.799. The first-order valence-electron chi connectivity index (χ1n) is 8.24. The number of aryl methyl sites for hydroxylation is 1. The number of anilines is 1. The normalized spacial score (nSPS) is 10.4. The Morgan fingerprint density at radius 2 is 1.81 bits per heavy atom. The van der Waals surface area contributed by atoms with Crippen molar-refractivity contribution >= 4 is 28.9 Å². The van der Waals surface area contributed by atoms with Crippen LogP contribution in [0.1, 0.15) is 21.8 Å². The number of esters is 1. The van der Waals surface area contributed by atoms with Crippen LogP contribution in [0.5, 0.6) is 0 Å². The monoisotopic (exact) mass is 384 g/mol. The zero-order valence-electron chi connectivity index (χ0n) is 14.6. The Morgan fingerprint density at radius 1 is 1.11 bits per heavy atom. The van der Waals surface area contributed by atoms with E-state index >= 15 is 0 Å². The van der Waals surface area contributed by atoms with Gasteiger partial charge in [0.25, 0.3) is 0 Å². The van der Waals surface area contributed by atoms with Crippen LogP contribution in [0.2, 0.25) is 0 Å². The molecule has 27 heavy (non-hydrogen) atoms. The number of hydrogen-bond donors (Lipinski definition) is 1. The molecule has 0 spiro atoms. The molecule has 0 aliphatic rings. The van der Waals surface area contributed by atoms with Crippen LogP contribution in [0, 0.1) is 5.82 Å². The zero-order valence-corrected chi connectivity index (χ0v) is 15.4. The fraction of sp³-hybridized carbons (Fsp3) is 0.150. The molecule has 0 unspecified atom stereocenters. The SMILES string of the molecule is COC(=O)c1ccc(NC(=O)CCc2nc(-c3ccc(F)cc3)cs2)cc1. The summed E-state index contributed by atoms with van der Waals surface area (Å²) < 4.78 is 17.6. The van der Waals surface area contributed by atoms with Gasteiger partial charge in [0.05, 0.1) is 23.4 Å². The van der Waals surface area contributed by atoms with Crippen molar-refractivity contribution in [3.63, 3.8) is 0 Å². The molecule has 3 rings (SSSR count). The summed E-state index contributed by atoms with van der Waals surface area (Å²) in [4.78, 5) is 28.0. The Labute approximate surface area is 159 Å². The van der Waals surface area contributed by atoms with Crippen LogP contribution in [-0.2, 0) is 16.0 Å². The van der Waals surface area contributed by atoms with Gasteiger partial charge in [0, 0.05) is 29.5 Å². The highest BCUT2D eigenvalue weighted by molar-refractivity contribution is 7.09. The molecular weight excluding hydrogens is 367 g/mol. The van der Waals surface area contributed by atoms with Crippen LogP contribution in [0.3, 0.4) is 0 Å². The molecule has 5 nitrogen and oxygen atoms in total. The number of carbonyl (C=O) groups excluding carboxylic acids is 2. The number of methoxy groups -OCH3 is 1. The Hall–Kier alpha value is -3.06. The Balaban J connectivity index is 1.53. The van der Waals surface area contributed by atoms with Crippen molar-refractivity contribution in [1.82, 2.24) is 4.98 Å². The maximum Gasteiger partial charge on any atom is 0.337 e. The van der Waals surface area contributed by atoms with Gasteiger partial charge in [0.1, 0.15) is 5.82 Å². The van der Waals surface area contributed by atoms with Gasteiger partial charge in [-0.15, -0.1) is 11.3 Å². The summed E-state index contributed by atoms with van der Waals surface area (Å²) in [5.41, 5.74) is 2.65. The Bertz CT molecular complexity index is 937.